The summed E-state index contributed by atoms with van der Waals surface area (Å²) < 4.78 is 58.8. The minimum Gasteiger partial charge on any atom is -0.493 e. The first-order valence-electron chi connectivity index (χ1n) is 18.9. The van der Waals surface area contributed by atoms with Crippen molar-refractivity contribution >= 4 is 46.1 Å². The summed E-state index contributed by atoms with van der Waals surface area (Å²) in [6, 6.07) is 15.7. The highest BCUT2D eigenvalue weighted by Gasteiger charge is 2.36. The van der Waals surface area contributed by atoms with Crippen LogP contribution < -0.4 is 35.1 Å². The third-order valence-corrected chi connectivity index (χ3v) is 7.87. The molecular formula is C42H58F3N5O6. The van der Waals surface area contributed by atoms with Gasteiger partial charge in [0.05, 0.1) is 25.3 Å². The molecule has 308 valence electrons. The largest absolute Gasteiger partial charge is 0.493 e. The van der Waals surface area contributed by atoms with Crippen molar-refractivity contribution < 1.29 is 41.8 Å². The van der Waals surface area contributed by atoms with Crippen LogP contribution in [0, 0.1) is 0 Å². The number of carbonyl (C=O) groups is 3. The lowest BCUT2D eigenvalue weighted by atomic mass is 10.0. The number of alkyl halides is 3. The van der Waals surface area contributed by atoms with E-state index < -0.39 is 30.0 Å². The molecule has 56 heavy (non-hydrogen) atoms. The van der Waals surface area contributed by atoms with Gasteiger partial charge in [-0.2, -0.15) is 13.2 Å². The average molecular weight is 786 g/mol. The van der Waals surface area contributed by atoms with Gasteiger partial charge in [0.25, 0.3) is 0 Å². The number of pyridine rings is 1. The molecule has 2 heterocycles. The van der Waals surface area contributed by atoms with Crippen LogP contribution in [0.3, 0.4) is 0 Å². The second-order valence-corrected chi connectivity index (χ2v) is 11.3. The molecule has 0 bridgehead atoms. The van der Waals surface area contributed by atoms with Crippen LogP contribution >= 0.6 is 0 Å². The standard InChI is InChI=1S/C33H34F3N5O5.C3H6O.3C2H6/c1-37-20-10-13-41(14-11-20)27-8-7-22(16-25(27)33(34,35)36)40-32(43)19-31(42)39-21-5-4-6-23(15-21)46-28-9-12-38-26-18-30(45-3)29(44-2)17-24(26)28;1-2-3-4;3*1-2/h4-9,12,15-18,20,37H,10-11,13-14,19H2,1-3H3,(H,39,42)(H,40,43);3H,2H2,1H3;3*1-2H3. The van der Waals surface area contributed by atoms with E-state index in [1.54, 1.807) is 53.6 Å². The normalized spacial score (nSPS) is 12.1. The Hall–Kier alpha value is -5.37. The van der Waals surface area contributed by atoms with Gasteiger partial charge in [-0.3, -0.25) is 14.6 Å². The van der Waals surface area contributed by atoms with Crippen molar-refractivity contribution in [2.24, 2.45) is 0 Å². The number of aromatic nitrogens is 1. The monoisotopic (exact) mass is 785 g/mol. The summed E-state index contributed by atoms with van der Waals surface area (Å²) in [6.07, 6.45) is -0.680. The molecule has 11 nitrogen and oxygen atoms in total. The van der Waals surface area contributed by atoms with Crippen molar-refractivity contribution in [3.8, 4) is 23.0 Å². The summed E-state index contributed by atoms with van der Waals surface area (Å²) in [4.78, 5) is 40.6. The Bertz CT molecular complexity index is 1800. The van der Waals surface area contributed by atoms with Crippen LogP contribution in [-0.2, 0) is 20.6 Å². The zero-order valence-electron chi connectivity index (χ0n) is 34.2. The maximum atomic E-state index is 14.0. The van der Waals surface area contributed by atoms with E-state index in [1.807, 2.05) is 55.5 Å². The SMILES string of the molecule is CC.CC.CC.CCC=O.CNC1CCN(c2ccc(NC(=O)CC(=O)Nc3cccc(Oc4ccnc5cc(OC)c(OC)cc45)c3)cc2C(F)(F)F)CC1. The fourth-order valence-corrected chi connectivity index (χ4v) is 5.38. The number of nitrogens with one attached hydrogen (secondary N) is 3. The van der Waals surface area contributed by atoms with Crippen LogP contribution in [0.1, 0.15) is 79.7 Å². The molecule has 0 unspecified atom stereocenters. The maximum absolute atomic E-state index is 14.0. The molecule has 1 fully saturated rings. The van der Waals surface area contributed by atoms with Gasteiger partial charge < -0.3 is 39.9 Å². The molecule has 3 aromatic carbocycles. The van der Waals surface area contributed by atoms with Gasteiger partial charge in [-0.1, -0.05) is 54.5 Å². The summed E-state index contributed by atoms with van der Waals surface area (Å²) in [5.41, 5.74) is 0.163. The second-order valence-electron chi connectivity index (χ2n) is 11.3. The summed E-state index contributed by atoms with van der Waals surface area (Å²) >= 11 is 0. The summed E-state index contributed by atoms with van der Waals surface area (Å²) in [5, 5.41) is 8.88. The van der Waals surface area contributed by atoms with Crippen molar-refractivity contribution in [3.05, 3.63) is 72.4 Å². The first-order valence-corrected chi connectivity index (χ1v) is 18.9. The van der Waals surface area contributed by atoms with E-state index in [0.717, 1.165) is 25.2 Å². The minimum atomic E-state index is -4.62. The van der Waals surface area contributed by atoms with Gasteiger partial charge in [-0.25, -0.2) is 0 Å². The summed E-state index contributed by atoms with van der Waals surface area (Å²) in [6.45, 7) is 14.8. The molecule has 1 aliphatic rings. The number of nitrogens with zero attached hydrogens (tertiary/aromatic N) is 2. The van der Waals surface area contributed by atoms with E-state index >= 15 is 0 Å². The number of piperidine rings is 1. The van der Waals surface area contributed by atoms with Gasteiger partial charge >= 0.3 is 6.18 Å². The highest BCUT2D eigenvalue weighted by molar-refractivity contribution is 6.08. The van der Waals surface area contributed by atoms with Crippen LogP contribution in [0.25, 0.3) is 10.9 Å². The van der Waals surface area contributed by atoms with Gasteiger partial charge in [0.15, 0.2) is 11.5 Å². The van der Waals surface area contributed by atoms with E-state index in [1.165, 1.54) is 26.4 Å². The number of aldehydes is 1. The number of benzene rings is 3. The Labute approximate surface area is 329 Å². The highest BCUT2D eigenvalue weighted by atomic mass is 19.4. The number of hydrogen-bond donors (Lipinski definition) is 3. The maximum Gasteiger partial charge on any atom is 0.418 e. The van der Waals surface area contributed by atoms with Crippen LogP contribution in [-0.4, -0.2) is 63.5 Å². The number of fused-ring (bicyclic) bond motifs is 1. The van der Waals surface area contributed by atoms with Crippen molar-refractivity contribution in [2.75, 3.05) is 49.9 Å². The van der Waals surface area contributed by atoms with Gasteiger partial charge in [0.2, 0.25) is 11.8 Å². The molecule has 2 amide bonds. The van der Waals surface area contributed by atoms with E-state index in [4.69, 9.17) is 14.2 Å². The zero-order valence-corrected chi connectivity index (χ0v) is 34.2. The van der Waals surface area contributed by atoms with Crippen LogP contribution in [0.5, 0.6) is 23.0 Å². The van der Waals surface area contributed by atoms with Gasteiger partial charge in [0, 0.05) is 66.3 Å². The molecule has 3 N–H and O–H groups in total. The lowest BCUT2D eigenvalue weighted by Gasteiger charge is -2.35. The molecule has 1 aromatic heterocycles. The average Bonchev–Trinajstić information content (AvgIpc) is 3.22. The smallest absolute Gasteiger partial charge is 0.418 e. The Kier molecular flexibility index (Phi) is 22.3. The van der Waals surface area contributed by atoms with Crippen LogP contribution in [0.15, 0.2) is 66.9 Å². The molecule has 0 radical (unpaired) electrons. The van der Waals surface area contributed by atoms with Crippen LogP contribution in [0.4, 0.5) is 30.2 Å². The molecule has 0 saturated carbocycles. The summed E-state index contributed by atoms with van der Waals surface area (Å²) in [7, 11) is 4.90. The van der Waals surface area contributed by atoms with E-state index in [2.05, 4.69) is 20.9 Å². The number of ether oxygens (including phenoxy) is 3. The molecule has 0 aliphatic carbocycles. The van der Waals surface area contributed by atoms with E-state index in [9.17, 15) is 27.6 Å². The molecule has 1 saturated heterocycles. The number of amides is 2. The first kappa shape index (κ1) is 48.6. The van der Waals surface area contributed by atoms with E-state index in [0.29, 0.717) is 59.1 Å². The number of hydrogen-bond acceptors (Lipinski definition) is 9. The highest BCUT2D eigenvalue weighted by Crippen LogP contribution is 2.40. The number of rotatable bonds is 11. The fourth-order valence-electron chi connectivity index (χ4n) is 5.38. The Morgan fingerprint density at radius 1 is 0.839 bits per heavy atom. The lowest BCUT2D eigenvalue weighted by Crippen LogP contribution is -2.41. The molecular weight excluding hydrogens is 727 g/mol. The van der Waals surface area contributed by atoms with Gasteiger partial charge in [-0.15, -0.1) is 0 Å². The molecule has 0 atom stereocenters. The number of anilines is 3. The molecule has 1 aliphatic heterocycles. The quantitative estimate of drug-likeness (QED) is 0.100. The predicted octanol–water partition coefficient (Wildman–Crippen LogP) is 9.89. The minimum absolute atomic E-state index is 0.0480. The number of halogens is 3. The van der Waals surface area contributed by atoms with Crippen molar-refractivity contribution in [1.82, 2.24) is 10.3 Å². The van der Waals surface area contributed by atoms with Crippen molar-refractivity contribution in [1.29, 1.82) is 0 Å². The zero-order chi connectivity index (χ0) is 42.3. The Morgan fingerprint density at radius 2 is 1.41 bits per heavy atom. The fraction of sp³-hybridized carbons (Fsp3) is 0.429. The molecule has 4 aromatic rings. The van der Waals surface area contributed by atoms with E-state index in [-0.39, 0.29) is 17.4 Å². The van der Waals surface area contributed by atoms with Gasteiger partial charge in [0.1, 0.15) is 24.2 Å². The summed E-state index contributed by atoms with van der Waals surface area (Å²) in [5.74, 6) is 0.503. The van der Waals surface area contributed by atoms with Gasteiger partial charge in [-0.05, 0) is 62.4 Å². The van der Waals surface area contributed by atoms with Crippen molar-refractivity contribution in [3.63, 3.8) is 0 Å². The first-order chi connectivity index (χ1) is 27.0. The molecule has 0 spiro atoms. The predicted molar refractivity (Wildman–Crippen MR) is 219 cm³/mol. The van der Waals surface area contributed by atoms with Crippen LogP contribution in [0.2, 0.25) is 0 Å². The number of methoxy groups -OCH3 is 2. The molecule has 14 heteroatoms. The Morgan fingerprint density at radius 3 is 1.95 bits per heavy atom. The topological polar surface area (TPSA) is 131 Å². The number of carbonyl (C=O) groups excluding carboxylic acids is 3. The molecule has 5 rings (SSSR count). The van der Waals surface area contributed by atoms with Crippen molar-refractivity contribution in [2.45, 2.75) is 86.4 Å². The second kappa shape index (κ2) is 25.7. The lowest BCUT2D eigenvalue weighted by molar-refractivity contribution is -0.137. The third-order valence-electron chi connectivity index (χ3n) is 7.87. The Balaban J connectivity index is 0.00000143. The third kappa shape index (κ3) is 14.7.